The van der Waals surface area contributed by atoms with Crippen LogP contribution in [-0.4, -0.2) is 67.5 Å². The maximum atomic E-state index is 13.3. The lowest BCUT2D eigenvalue weighted by Crippen LogP contribution is -2.57. The van der Waals surface area contributed by atoms with Crippen molar-refractivity contribution in [1.82, 2.24) is 15.1 Å². The molecule has 3 heterocycles. The SMILES string of the molecule is O=C(NC(C(=O)N1CCN(C(=O)c2ccco2)CC1)S(=O)(=O)c1ccc(Cl)cc1)c1ccco1. The van der Waals surface area contributed by atoms with Crippen molar-refractivity contribution < 1.29 is 31.6 Å². The van der Waals surface area contributed by atoms with Gasteiger partial charge in [0.2, 0.25) is 15.2 Å². The van der Waals surface area contributed by atoms with Crippen molar-refractivity contribution in [3.63, 3.8) is 0 Å². The Labute approximate surface area is 200 Å². The van der Waals surface area contributed by atoms with Gasteiger partial charge in [-0.3, -0.25) is 14.4 Å². The van der Waals surface area contributed by atoms with Gasteiger partial charge in [-0.25, -0.2) is 8.42 Å². The van der Waals surface area contributed by atoms with Crippen LogP contribution in [0.5, 0.6) is 0 Å². The molecule has 1 N–H and O–H groups in total. The van der Waals surface area contributed by atoms with E-state index in [4.69, 9.17) is 20.4 Å². The second-order valence-corrected chi connectivity index (χ2v) is 9.89. The largest absolute Gasteiger partial charge is 0.459 e. The maximum Gasteiger partial charge on any atom is 0.289 e. The topological polar surface area (TPSA) is 130 Å². The highest BCUT2D eigenvalue weighted by atomic mass is 35.5. The smallest absolute Gasteiger partial charge is 0.289 e. The molecule has 1 unspecified atom stereocenters. The van der Waals surface area contributed by atoms with E-state index in [1.807, 2.05) is 0 Å². The van der Waals surface area contributed by atoms with Gasteiger partial charge in [0.1, 0.15) is 0 Å². The molecule has 1 atom stereocenters. The molecule has 0 spiro atoms. The average molecular weight is 506 g/mol. The quantitative estimate of drug-likeness (QED) is 0.542. The summed E-state index contributed by atoms with van der Waals surface area (Å²) in [6, 6.07) is 11.2. The molecule has 1 fully saturated rings. The fourth-order valence-corrected chi connectivity index (χ4v) is 5.07. The van der Waals surface area contributed by atoms with E-state index in [1.165, 1.54) is 58.7 Å². The predicted octanol–water partition coefficient (Wildman–Crippen LogP) is 2.04. The Morgan fingerprint density at radius 3 is 1.97 bits per heavy atom. The van der Waals surface area contributed by atoms with Crippen LogP contribution in [0.3, 0.4) is 0 Å². The fourth-order valence-electron chi connectivity index (χ4n) is 3.48. The summed E-state index contributed by atoms with van der Waals surface area (Å²) in [5.74, 6) is -1.97. The van der Waals surface area contributed by atoms with Crippen LogP contribution in [0.25, 0.3) is 0 Å². The highest BCUT2D eigenvalue weighted by molar-refractivity contribution is 7.92. The molecule has 34 heavy (non-hydrogen) atoms. The highest BCUT2D eigenvalue weighted by Crippen LogP contribution is 2.21. The molecule has 0 aliphatic carbocycles. The van der Waals surface area contributed by atoms with Crippen LogP contribution >= 0.6 is 11.6 Å². The van der Waals surface area contributed by atoms with Crippen molar-refractivity contribution >= 4 is 39.2 Å². The number of carbonyl (C=O) groups is 3. The van der Waals surface area contributed by atoms with Gasteiger partial charge in [0, 0.05) is 31.2 Å². The highest BCUT2D eigenvalue weighted by Gasteiger charge is 2.40. The lowest BCUT2D eigenvalue weighted by Gasteiger charge is -2.36. The molecule has 1 saturated heterocycles. The molecule has 12 heteroatoms. The molecule has 1 aliphatic rings. The Kier molecular flexibility index (Phi) is 6.75. The van der Waals surface area contributed by atoms with Crippen LogP contribution in [0.4, 0.5) is 0 Å². The van der Waals surface area contributed by atoms with E-state index in [9.17, 15) is 22.8 Å². The van der Waals surface area contributed by atoms with Crippen LogP contribution in [0, 0.1) is 0 Å². The summed E-state index contributed by atoms with van der Waals surface area (Å²) in [4.78, 5) is 41.0. The Bertz CT molecular complexity index is 1260. The first-order valence-electron chi connectivity index (χ1n) is 10.2. The summed E-state index contributed by atoms with van der Waals surface area (Å²) in [7, 11) is -4.34. The Morgan fingerprint density at radius 2 is 1.41 bits per heavy atom. The van der Waals surface area contributed by atoms with E-state index in [1.54, 1.807) is 12.1 Å². The fraction of sp³-hybridized carbons (Fsp3) is 0.227. The summed E-state index contributed by atoms with van der Waals surface area (Å²) in [6.07, 6.45) is 2.65. The monoisotopic (exact) mass is 505 g/mol. The van der Waals surface area contributed by atoms with E-state index < -0.39 is 27.0 Å². The Morgan fingerprint density at radius 1 is 0.853 bits per heavy atom. The minimum atomic E-state index is -4.34. The summed E-state index contributed by atoms with van der Waals surface area (Å²) in [5.41, 5.74) is 0. The van der Waals surface area contributed by atoms with Crippen molar-refractivity contribution in [2.75, 3.05) is 26.2 Å². The normalized spacial score (nSPS) is 15.1. The lowest BCUT2D eigenvalue weighted by atomic mass is 10.2. The number of hydrogen-bond acceptors (Lipinski definition) is 7. The number of rotatable bonds is 6. The minimum Gasteiger partial charge on any atom is -0.459 e. The van der Waals surface area contributed by atoms with Crippen molar-refractivity contribution in [3.8, 4) is 0 Å². The molecule has 3 aromatic rings. The number of hydrogen-bond donors (Lipinski definition) is 1. The molecule has 3 amide bonds. The third kappa shape index (κ3) is 4.85. The van der Waals surface area contributed by atoms with Gasteiger partial charge in [0.05, 0.1) is 17.4 Å². The number of piperazine rings is 1. The summed E-state index contributed by atoms with van der Waals surface area (Å²) >= 11 is 5.86. The number of amides is 3. The zero-order chi connectivity index (χ0) is 24.3. The van der Waals surface area contributed by atoms with Gasteiger partial charge in [-0.15, -0.1) is 0 Å². The van der Waals surface area contributed by atoms with E-state index in [0.29, 0.717) is 5.02 Å². The van der Waals surface area contributed by atoms with Crippen molar-refractivity contribution in [3.05, 3.63) is 77.6 Å². The summed E-state index contributed by atoms with van der Waals surface area (Å²) in [5, 5.41) is 0.700. The van der Waals surface area contributed by atoms with Gasteiger partial charge in [-0.1, -0.05) is 11.6 Å². The van der Waals surface area contributed by atoms with Crippen LogP contribution < -0.4 is 5.32 Å². The molecule has 1 aliphatic heterocycles. The molecular weight excluding hydrogens is 486 g/mol. The van der Waals surface area contributed by atoms with E-state index in [2.05, 4.69) is 5.32 Å². The molecule has 1 aromatic carbocycles. The molecule has 178 valence electrons. The lowest BCUT2D eigenvalue weighted by molar-refractivity contribution is -0.132. The number of halogens is 1. The van der Waals surface area contributed by atoms with Gasteiger partial charge < -0.3 is 24.0 Å². The standard InChI is InChI=1S/C22H20ClN3O7S/c23-15-5-7-16(8-6-15)34(30,31)20(24-19(27)17-3-1-13-32-17)22(29)26-11-9-25(10-12-26)21(28)18-4-2-14-33-18/h1-8,13-14,20H,9-12H2,(H,24,27). The molecule has 0 bridgehead atoms. The van der Waals surface area contributed by atoms with Gasteiger partial charge in [0.25, 0.3) is 17.7 Å². The van der Waals surface area contributed by atoms with Crippen LogP contribution in [0.2, 0.25) is 5.02 Å². The number of furan rings is 2. The number of sulfone groups is 1. The second kappa shape index (κ2) is 9.74. The third-order valence-electron chi connectivity index (χ3n) is 5.29. The van der Waals surface area contributed by atoms with E-state index in [-0.39, 0.29) is 48.5 Å². The van der Waals surface area contributed by atoms with E-state index in [0.717, 1.165) is 0 Å². The van der Waals surface area contributed by atoms with E-state index >= 15 is 0 Å². The zero-order valence-corrected chi connectivity index (χ0v) is 19.3. The zero-order valence-electron chi connectivity index (χ0n) is 17.7. The van der Waals surface area contributed by atoms with Crippen molar-refractivity contribution in [2.24, 2.45) is 0 Å². The van der Waals surface area contributed by atoms with Gasteiger partial charge >= 0.3 is 0 Å². The van der Waals surface area contributed by atoms with Gasteiger partial charge in [-0.2, -0.15) is 0 Å². The second-order valence-electron chi connectivity index (χ2n) is 7.42. The van der Waals surface area contributed by atoms with Gasteiger partial charge in [0.15, 0.2) is 11.5 Å². The first-order valence-corrected chi connectivity index (χ1v) is 12.1. The predicted molar refractivity (Wildman–Crippen MR) is 120 cm³/mol. The number of carbonyl (C=O) groups excluding carboxylic acids is 3. The summed E-state index contributed by atoms with van der Waals surface area (Å²) in [6.45, 7) is 0.499. The first kappa shape index (κ1) is 23.6. The first-order chi connectivity index (χ1) is 16.3. The maximum absolute atomic E-state index is 13.3. The average Bonchev–Trinajstić information content (AvgIpc) is 3.57. The third-order valence-corrected chi connectivity index (χ3v) is 7.42. The van der Waals surface area contributed by atoms with Crippen LogP contribution in [0.1, 0.15) is 21.1 Å². The number of nitrogens with zero attached hydrogens (tertiary/aromatic N) is 2. The van der Waals surface area contributed by atoms with Crippen LogP contribution in [-0.2, 0) is 14.6 Å². The minimum absolute atomic E-state index is 0.0779. The van der Waals surface area contributed by atoms with Crippen molar-refractivity contribution in [2.45, 2.75) is 10.3 Å². The van der Waals surface area contributed by atoms with Crippen molar-refractivity contribution in [1.29, 1.82) is 0 Å². The Balaban J connectivity index is 1.55. The molecule has 4 rings (SSSR count). The Hall–Kier alpha value is -3.57. The molecule has 0 radical (unpaired) electrons. The molecule has 0 saturated carbocycles. The summed E-state index contributed by atoms with van der Waals surface area (Å²) < 4.78 is 36.9. The van der Waals surface area contributed by atoms with Gasteiger partial charge in [-0.05, 0) is 48.5 Å². The van der Waals surface area contributed by atoms with Crippen LogP contribution in [0.15, 0.2) is 74.8 Å². The molecular formula is C22H20ClN3O7S. The molecule has 10 nitrogen and oxygen atoms in total. The number of benzene rings is 1. The molecule has 2 aromatic heterocycles. The number of nitrogens with one attached hydrogen (secondary N) is 1.